The number of fused-ring (bicyclic) bond motifs is 2. The van der Waals surface area contributed by atoms with E-state index in [-0.39, 0.29) is 5.91 Å². The molecule has 122 valence electrons. The van der Waals surface area contributed by atoms with Gasteiger partial charge >= 0.3 is 0 Å². The van der Waals surface area contributed by atoms with Crippen LogP contribution < -0.4 is 4.90 Å². The predicted octanol–water partition coefficient (Wildman–Crippen LogP) is 5.02. The number of anilines is 1. The highest BCUT2D eigenvalue weighted by molar-refractivity contribution is 8.01. The van der Waals surface area contributed by atoms with Gasteiger partial charge in [0.15, 0.2) is 4.34 Å². The van der Waals surface area contributed by atoms with Gasteiger partial charge in [-0.25, -0.2) is 4.98 Å². The minimum Gasteiger partial charge on any atom is -0.311 e. The molecule has 1 aliphatic rings. The first kappa shape index (κ1) is 15.9. The summed E-state index contributed by atoms with van der Waals surface area (Å²) in [5.74, 6) is 0.548. The van der Waals surface area contributed by atoms with Crippen LogP contribution in [0.4, 0.5) is 5.69 Å². The third-order valence-electron chi connectivity index (χ3n) is 4.06. The topological polar surface area (TPSA) is 33.2 Å². The van der Waals surface area contributed by atoms with Crippen LogP contribution in [0.1, 0.15) is 12.0 Å². The van der Waals surface area contributed by atoms with E-state index in [2.05, 4.69) is 11.1 Å². The summed E-state index contributed by atoms with van der Waals surface area (Å²) < 4.78 is 1.96. The van der Waals surface area contributed by atoms with Crippen LogP contribution in [0.3, 0.4) is 0 Å². The standard InChI is InChI=1S/C18H15ClN2OS2/c19-13-7-8-14-16(10-13)24-18(20-14)23-11-17(22)21-9-3-5-12-4-1-2-6-15(12)21/h1-2,4,6-8,10H,3,5,9,11H2. The Hall–Kier alpha value is -1.56. The number of thioether (sulfide) groups is 1. The molecule has 0 N–H and O–H groups in total. The summed E-state index contributed by atoms with van der Waals surface area (Å²) >= 11 is 9.10. The highest BCUT2D eigenvalue weighted by Gasteiger charge is 2.22. The molecule has 0 unspecified atom stereocenters. The quantitative estimate of drug-likeness (QED) is 0.603. The van der Waals surface area contributed by atoms with Gasteiger partial charge in [0.25, 0.3) is 0 Å². The van der Waals surface area contributed by atoms with Crippen LogP contribution in [0.5, 0.6) is 0 Å². The Labute approximate surface area is 153 Å². The molecule has 1 aliphatic heterocycles. The highest BCUT2D eigenvalue weighted by atomic mass is 35.5. The van der Waals surface area contributed by atoms with Crippen molar-refractivity contribution >= 4 is 56.5 Å². The smallest absolute Gasteiger partial charge is 0.237 e. The molecule has 6 heteroatoms. The molecular formula is C18H15ClN2OS2. The van der Waals surface area contributed by atoms with E-state index in [4.69, 9.17) is 11.6 Å². The van der Waals surface area contributed by atoms with Gasteiger partial charge in [-0.1, -0.05) is 41.6 Å². The molecule has 0 spiro atoms. The maximum absolute atomic E-state index is 12.7. The van der Waals surface area contributed by atoms with Crippen LogP contribution in [0.2, 0.25) is 5.02 Å². The highest BCUT2D eigenvalue weighted by Crippen LogP contribution is 2.32. The Balaban J connectivity index is 1.48. The SMILES string of the molecule is O=C(CSc1nc2ccc(Cl)cc2s1)N1CCCc2ccccc21. The molecule has 1 aromatic heterocycles. The number of rotatable bonds is 3. The van der Waals surface area contributed by atoms with Crippen molar-refractivity contribution in [2.24, 2.45) is 0 Å². The average molecular weight is 375 g/mol. The lowest BCUT2D eigenvalue weighted by atomic mass is 10.0. The molecule has 0 aliphatic carbocycles. The number of aryl methyl sites for hydroxylation is 1. The number of para-hydroxylation sites is 1. The lowest BCUT2D eigenvalue weighted by molar-refractivity contribution is -0.116. The van der Waals surface area contributed by atoms with Crippen LogP contribution in [0, 0.1) is 0 Å². The average Bonchev–Trinajstić information content (AvgIpc) is 3.01. The number of halogens is 1. The van der Waals surface area contributed by atoms with Crippen molar-refractivity contribution in [1.82, 2.24) is 4.98 Å². The molecule has 0 saturated carbocycles. The summed E-state index contributed by atoms with van der Waals surface area (Å²) in [5, 5.41) is 0.712. The second-order valence-corrected chi connectivity index (χ2v) is 8.35. The lowest BCUT2D eigenvalue weighted by Crippen LogP contribution is -2.36. The Morgan fingerprint density at radius 2 is 2.17 bits per heavy atom. The van der Waals surface area contributed by atoms with Crippen molar-refractivity contribution < 1.29 is 4.79 Å². The number of carbonyl (C=O) groups excluding carboxylic acids is 1. The summed E-state index contributed by atoms with van der Waals surface area (Å²) in [6, 6.07) is 13.9. The summed E-state index contributed by atoms with van der Waals surface area (Å²) in [6.45, 7) is 0.797. The van der Waals surface area contributed by atoms with Crippen molar-refractivity contribution in [2.75, 3.05) is 17.2 Å². The van der Waals surface area contributed by atoms with Gasteiger partial charge in [-0.05, 0) is 42.7 Å². The van der Waals surface area contributed by atoms with Gasteiger partial charge in [-0.3, -0.25) is 4.79 Å². The Bertz CT molecular complexity index is 909. The third-order valence-corrected chi connectivity index (χ3v) is 6.44. The van der Waals surface area contributed by atoms with Gasteiger partial charge in [0.1, 0.15) is 0 Å². The van der Waals surface area contributed by atoms with E-state index in [0.717, 1.165) is 39.6 Å². The van der Waals surface area contributed by atoms with E-state index < -0.39 is 0 Å². The minimum absolute atomic E-state index is 0.143. The number of hydrogen-bond donors (Lipinski definition) is 0. The Morgan fingerprint density at radius 3 is 3.08 bits per heavy atom. The largest absolute Gasteiger partial charge is 0.311 e. The van der Waals surface area contributed by atoms with Crippen LogP contribution in [-0.2, 0) is 11.2 Å². The maximum Gasteiger partial charge on any atom is 0.237 e. The zero-order valence-electron chi connectivity index (χ0n) is 12.9. The molecule has 0 fully saturated rings. The van der Waals surface area contributed by atoms with Crippen molar-refractivity contribution in [3.63, 3.8) is 0 Å². The van der Waals surface area contributed by atoms with Gasteiger partial charge in [0.05, 0.1) is 16.0 Å². The first-order valence-electron chi connectivity index (χ1n) is 7.78. The number of thiazole rings is 1. The number of benzene rings is 2. The molecule has 1 amide bonds. The molecule has 0 radical (unpaired) electrons. The van der Waals surface area contributed by atoms with Crippen molar-refractivity contribution in [1.29, 1.82) is 0 Å². The second kappa shape index (κ2) is 6.75. The number of hydrogen-bond acceptors (Lipinski definition) is 4. The summed E-state index contributed by atoms with van der Waals surface area (Å²) in [4.78, 5) is 19.1. The van der Waals surface area contributed by atoms with E-state index in [0.29, 0.717) is 10.8 Å². The molecule has 3 aromatic rings. The first-order valence-corrected chi connectivity index (χ1v) is 9.96. The number of amides is 1. The Kier molecular flexibility index (Phi) is 4.48. The van der Waals surface area contributed by atoms with Gasteiger partial charge < -0.3 is 4.90 Å². The predicted molar refractivity (Wildman–Crippen MR) is 102 cm³/mol. The summed E-state index contributed by atoms with van der Waals surface area (Å²) in [6.07, 6.45) is 2.07. The van der Waals surface area contributed by atoms with Crippen LogP contribution in [-0.4, -0.2) is 23.2 Å². The molecule has 2 aromatic carbocycles. The van der Waals surface area contributed by atoms with Crippen LogP contribution in [0.15, 0.2) is 46.8 Å². The normalized spacial score (nSPS) is 14.0. The molecule has 2 heterocycles. The zero-order valence-corrected chi connectivity index (χ0v) is 15.3. The fourth-order valence-electron chi connectivity index (χ4n) is 2.93. The van der Waals surface area contributed by atoms with Crippen molar-refractivity contribution in [2.45, 2.75) is 17.2 Å². The molecule has 3 nitrogen and oxygen atoms in total. The van der Waals surface area contributed by atoms with E-state index in [1.54, 1.807) is 11.3 Å². The molecular weight excluding hydrogens is 360 g/mol. The monoisotopic (exact) mass is 374 g/mol. The van der Waals surface area contributed by atoms with E-state index in [9.17, 15) is 4.79 Å². The van der Waals surface area contributed by atoms with Crippen molar-refractivity contribution in [3.8, 4) is 0 Å². The molecule has 4 rings (SSSR count). The fraction of sp³-hybridized carbons (Fsp3) is 0.222. The first-order chi connectivity index (χ1) is 11.7. The molecule has 24 heavy (non-hydrogen) atoms. The van der Waals surface area contributed by atoms with Gasteiger partial charge in [-0.2, -0.15) is 0 Å². The summed E-state index contributed by atoms with van der Waals surface area (Å²) in [5.41, 5.74) is 3.25. The number of carbonyl (C=O) groups is 1. The zero-order chi connectivity index (χ0) is 16.5. The Morgan fingerprint density at radius 1 is 1.29 bits per heavy atom. The fourth-order valence-corrected chi connectivity index (χ4v) is 5.15. The number of aromatic nitrogens is 1. The molecule has 0 saturated heterocycles. The van der Waals surface area contributed by atoms with Gasteiger partial charge in [0, 0.05) is 17.3 Å². The van der Waals surface area contributed by atoms with Crippen molar-refractivity contribution in [3.05, 3.63) is 53.1 Å². The van der Waals surface area contributed by atoms with E-state index >= 15 is 0 Å². The molecule has 0 atom stereocenters. The second-order valence-electron chi connectivity index (χ2n) is 5.66. The van der Waals surface area contributed by atoms with E-state index in [1.165, 1.54) is 17.3 Å². The molecule has 0 bridgehead atoms. The number of nitrogens with zero attached hydrogens (tertiary/aromatic N) is 2. The van der Waals surface area contributed by atoms with Gasteiger partial charge in [0.2, 0.25) is 5.91 Å². The van der Waals surface area contributed by atoms with Crippen LogP contribution >= 0.6 is 34.7 Å². The minimum atomic E-state index is 0.143. The van der Waals surface area contributed by atoms with E-state index in [1.807, 2.05) is 41.3 Å². The summed E-state index contributed by atoms with van der Waals surface area (Å²) in [7, 11) is 0. The maximum atomic E-state index is 12.7. The van der Waals surface area contributed by atoms with Crippen LogP contribution in [0.25, 0.3) is 10.2 Å². The lowest BCUT2D eigenvalue weighted by Gasteiger charge is -2.29. The third kappa shape index (κ3) is 3.16. The van der Waals surface area contributed by atoms with Gasteiger partial charge in [-0.15, -0.1) is 11.3 Å².